The van der Waals surface area contributed by atoms with Gasteiger partial charge in [-0.25, -0.2) is 5.43 Å². The maximum atomic E-state index is 12.2. The largest absolute Gasteiger partial charge is 0.463 e. The Morgan fingerprint density at radius 2 is 2.20 bits per heavy atom. The molecule has 156 valence electrons. The monoisotopic (exact) mass is 425 g/mol. The first kappa shape index (κ1) is 20.4. The summed E-state index contributed by atoms with van der Waals surface area (Å²) >= 11 is 1.33. The van der Waals surface area contributed by atoms with Crippen LogP contribution in [-0.2, 0) is 16.1 Å². The van der Waals surface area contributed by atoms with Gasteiger partial charge in [0, 0.05) is 12.2 Å². The summed E-state index contributed by atoms with van der Waals surface area (Å²) in [5, 5.41) is 13.3. The number of hydrazone groups is 1. The van der Waals surface area contributed by atoms with Crippen molar-refractivity contribution in [3.05, 3.63) is 54.0 Å². The molecule has 1 amide bonds. The molecular weight excluding hydrogens is 402 g/mol. The zero-order chi connectivity index (χ0) is 20.8. The number of rotatable bonds is 8. The van der Waals surface area contributed by atoms with Gasteiger partial charge in [-0.15, -0.1) is 10.2 Å². The van der Waals surface area contributed by atoms with Crippen molar-refractivity contribution in [2.24, 2.45) is 5.10 Å². The van der Waals surface area contributed by atoms with E-state index in [9.17, 15) is 4.79 Å². The van der Waals surface area contributed by atoms with Gasteiger partial charge in [0.2, 0.25) is 0 Å². The number of thioether (sulfide) groups is 1. The van der Waals surface area contributed by atoms with Crippen molar-refractivity contribution in [1.82, 2.24) is 20.2 Å². The van der Waals surface area contributed by atoms with E-state index in [1.54, 1.807) is 18.4 Å². The molecule has 8 nitrogen and oxygen atoms in total. The summed E-state index contributed by atoms with van der Waals surface area (Å²) in [6.45, 7) is 3.50. The molecule has 2 aromatic heterocycles. The number of amides is 1. The number of aryl methyl sites for hydroxylation is 1. The summed E-state index contributed by atoms with van der Waals surface area (Å²) in [6, 6.07) is 11.7. The summed E-state index contributed by atoms with van der Waals surface area (Å²) in [4.78, 5) is 12.2. The van der Waals surface area contributed by atoms with Gasteiger partial charge in [0.15, 0.2) is 11.0 Å². The van der Waals surface area contributed by atoms with E-state index in [1.165, 1.54) is 23.5 Å². The number of carbonyl (C=O) groups excluding carboxylic acids is 1. The molecule has 1 aliphatic rings. The van der Waals surface area contributed by atoms with E-state index in [-0.39, 0.29) is 17.8 Å². The van der Waals surface area contributed by atoms with Crippen LogP contribution in [0.3, 0.4) is 0 Å². The van der Waals surface area contributed by atoms with Gasteiger partial charge in [-0.2, -0.15) is 5.10 Å². The Labute approximate surface area is 178 Å². The van der Waals surface area contributed by atoms with E-state index < -0.39 is 0 Å². The van der Waals surface area contributed by atoms with E-state index >= 15 is 0 Å². The molecule has 3 heterocycles. The first-order valence-electron chi connectivity index (χ1n) is 9.79. The summed E-state index contributed by atoms with van der Waals surface area (Å²) < 4.78 is 13.0. The maximum absolute atomic E-state index is 12.2. The molecule has 0 saturated carbocycles. The Bertz CT molecular complexity index is 992. The highest BCUT2D eigenvalue weighted by Crippen LogP contribution is 2.26. The average Bonchev–Trinajstić information content (AvgIpc) is 3.50. The van der Waals surface area contributed by atoms with Crippen LogP contribution in [0.4, 0.5) is 0 Å². The molecule has 1 aromatic carbocycles. The Hall–Kier alpha value is -2.91. The minimum absolute atomic E-state index is 0.135. The second-order valence-electron chi connectivity index (χ2n) is 7.02. The highest BCUT2D eigenvalue weighted by Gasteiger charge is 2.22. The fraction of sp³-hybridized carbons (Fsp3) is 0.333. The summed E-state index contributed by atoms with van der Waals surface area (Å²) in [7, 11) is 0. The van der Waals surface area contributed by atoms with Gasteiger partial charge in [0.25, 0.3) is 5.91 Å². The number of benzene rings is 1. The summed E-state index contributed by atoms with van der Waals surface area (Å²) in [5.74, 6) is 1.30. The van der Waals surface area contributed by atoms with E-state index in [0.717, 1.165) is 30.8 Å². The van der Waals surface area contributed by atoms with Crippen molar-refractivity contribution in [2.45, 2.75) is 37.6 Å². The van der Waals surface area contributed by atoms with Crippen molar-refractivity contribution in [1.29, 1.82) is 0 Å². The predicted molar refractivity (Wildman–Crippen MR) is 114 cm³/mol. The standard InChI is InChI=1S/C21H23N5O3S/c1-15-6-8-16(9-7-15)20-24-25-21(26(20)13-18-5-3-11-29-18)30-14-19(27)23-22-12-17-4-2-10-28-17/h2,4,6-10,12,18H,3,5,11,13-14H2,1H3,(H,23,27). The molecule has 1 aliphatic heterocycles. The van der Waals surface area contributed by atoms with Crippen molar-refractivity contribution >= 4 is 23.9 Å². The molecule has 0 aliphatic carbocycles. The lowest BCUT2D eigenvalue weighted by Crippen LogP contribution is -2.21. The number of furan rings is 1. The SMILES string of the molecule is Cc1ccc(-c2nnc(SCC(=O)NN=Cc3ccco3)n2CC2CCCO2)cc1. The van der Waals surface area contributed by atoms with Crippen molar-refractivity contribution in [3.8, 4) is 11.4 Å². The molecule has 1 atom stereocenters. The van der Waals surface area contributed by atoms with Crippen LogP contribution in [0.1, 0.15) is 24.2 Å². The van der Waals surface area contributed by atoms with Gasteiger partial charge in [0.1, 0.15) is 5.76 Å². The minimum atomic E-state index is -0.230. The number of nitrogens with zero attached hydrogens (tertiary/aromatic N) is 4. The number of nitrogens with one attached hydrogen (secondary N) is 1. The second kappa shape index (κ2) is 9.73. The second-order valence-corrected chi connectivity index (χ2v) is 7.96. The number of carbonyl (C=O) groups is 1. The number of hydrogen-bond acceptors (Lipinski definition) is 7. The normalized spacial score (nSPS) is 16.4. The van der Waals surface area contributed by atoms with Crippen molar-refractivity contribution in [3.63, 3.8) is 0 Å². The van der Waals surface area contributed by atoms with Gasteiger partial charge < -0.3 is 9.15 Å². The molecule has 9 heteroatoms. The lowest BCUT2D eigenvalue weighted by atomic mass is 10.1. The number of aromatic nitrogens is 3. The van der Waals surface area contributed by atoms with Crippen LogP contribution in [0.15, 0.2) is 57.3 Å². The van der Waals surface area contributed by atoms with Gasteiger partial charge in [-0.1, -0.05) is 41.6 Å². The summed E-state index contributed by atoms with van der Waals surface area (Å²) in [5.41, 5.74) is 4.67. The zero-order valence-corrected chi connectivity index (χ0v) is 17.5. The van der Waals surface area contributed by atoms with Crippen LogP contribution in [0.25, 0.3) is 11.4 Å². The Morgan fingerprint density at radius 1 is 1.33 bits per heavy atom. The quantitative estimate of drug-likeness (QED) is 0.338. The molecule has 0 spiro atoms. The molecule has 4 rings (SSSR count). The van der Waals surface area contributed by atoms with Crippen LogP contribution in [0.2, 0.25) is 0 Å². The fourth-order valence-corrected chi connectivity index (χ4v) is 3.90. The van der Waals surface area contributed by atoms with Gasteiger partial charge in [-0.05, 0) is 31.9 Å². The van der Waals surface area contributed by atoms with Crippen LogP contribution < -0.4 is 5.43 Å². The molecule has 1 saturated heterocycles. The Balaban J connectivity index is 1.44. The lowest BCUT2D eigenvalue weighted by molar-refractivity contribution is -0.118. The third-order valence-corrected chi connectivity index (χ3v) is 5.66. The Kier molecular flexibility index (Phi) is 6.60. The third-order valence-electron chi connectivity index (χ3n) is 4.69. The average molecular weight is 426 g/mol. The molecular formula is C21H23N5O3S. The fourth-order valence-electron chi connectivity index (χ4n) is 3.16. The van der Waals surface area contributed by atoms with E-state index in [2.05, 4.69) is 39.8 Å². The summed E-state index contributed by atoms with van der Waals surface area (Å²) in [6.07, 6.45) is 5.21. The molecule has 30 heavy (non-hydrogen) atoms. The van der Waals surface area contributed by atoms with E-state index in [1.807, 2.05) is 16.7 Å². The smallest absolute Gasteiger partial charge is 0.250 e. The predicted octanol–water partition coefficient (Wildman–Crippen LogP) is 3.27. The number of hydrogen-bond donors (Lipinski definition) is 1. The molecule has 1 unspecified atom stereocenters. The van der Waals surface area contributed by atoms with Crippen molar-refractivity contribution < 1.29 is 13.9 Å². The third kappa shape index (κ3) is 5.17. The first-order chi connectivity index (χ1) is 14.7. The topological polar surface area (TPSA) is 94.5 Å². The zero-order valence-electron chi connectivity index (χ0n) is 16.7. The van der Waals surface area contributed by atoms with Crippen LogP contribution in [0.5, 0.6) is 0 Å². The molecule has 1 N–H and O–H groups in total. The maximum Gasteiger partial charge on any atom is 0.250 e. The first-order valence-corrected chi connectivity index (χ1v) is 10.8. The van der Waals surface area contributed by atoms with Gasteiger partial charge >= 0.3 is 0 Å². The molecule has 3 aromatic rings. The lowest BCUT2D eigenvalue weighted by Gasteiger charge is -2.14. The van der Waals surface area contributed by atoms with E-state index in [0.29, 0.717) is 17.5 Å². The van der Waals surface area contributed by atoms with E-state index in [4.69, 9.17) is 9.15 Å². The Morgan fingerprint density at radius 3 is 2.93 bits per heavy atom. The van der Waals surface area contributed by atoms with Crippen molar-refractivity contribution in [2.75, 3.05) is 12.4 Å². The van der Waals surface area contributed by atoms with Crippen LogP contribution in [-0.4, -0.2) is 45.3 Å². The number of ether oxygens (including phenoxy) is 1. The molecule has 1 fully saturated rings. The molecule has 0 radical (unpaired) electrons. The van der Waals surface area contributed by atoms with Crippen LogP contribution in [0, 0.1) is 6.92 Å². The highest BCUT2D eigenvalue weighted by molar-refractivity contribution is 7.99. The minimum Gasteiger partial charge on any atom is -0.463 e. The highest BCUT2D eigenvalue weighted by atomic mass is 32.2. The van der Waals surface area contributed by atoms with Crippen LogP contribution >= 0.6 is 11.8 Å². The van der Waals surface area contributed by atoms with Gasteiger partial charge in [-0.3, -0.25) is 9.36 Å². The molecule has 0 bridgehead atoms. The van der Waals surface area contributed by atoms with Gasteiger partial charge in [0.05, 0.1) is 30.9 Å².